The first kappa shape index (κ1) is 15.1. The highest BCUT2D eigenvalue weighted by molar-refractivity contribution is 6.60. The molecule has 1 aromatic rings. The number of nitrogens with zero attached hydrogens (tertiary/aromatic N) is 2. The van der Waals surface area contributed by atoms with Gasteiger partial charge in [-0.1, -0.05) is 6.08 Å². The predicted octanol–water partition coefficient (Wildman–Crippen LogP) is 0.734. The summed E-state index contributed by atoms with van der Waals surface area (Å²) >= 11 is 0. The van der Waals surface area contributed by atoms with Gasteiger partial charge in [-0.25, -0.2) is 4.79 Å². The third kappa shape index (κ3) is 2.53. The van der Waals surface area contributed by atoms with Crippen molar-refractivity contribution in [3.05, 3.63) is 35.1 Å². The Balaban J connectivity index is 2.07. The van der Waals surface area contributed by atoms with Crippen LogP contribution in [0.2, 0.25) is 0 Å². The summed E-state index contributed by atoms with van der Waals surface area (Å²) in [4.78, 5) is 12.5. The Bertz CT molecular complexity index is 663. The van der Waals surface area contributed by atoms with Crippen LogP contribution in [0.25, 0.3) is 0 Å². The molecule has 0 unspecified atom stereocenters. The van der Waals surface area contributed by atoms with E-state index in [1.165, 1.54) is 29.6 Å². The van der Waals surface area contributed by atoms with Gasteiger partial charge >= 0.3 is 5.97 Å². The summed E-state index contributed by atoms with van der Waals surface area (Å²) in [5.41, 5.74) is 4.18. The van der Waals surface area contributed by atoms with Crippen LogP contribution < -0.4 is 10.3 Å². The SMILES string of the molecule is Cn1cc[n+](C)c1[BH2-]C1=C(C2=CCCCC2)C(=O)OC1(C)C. The van der Waals surface area contributed by atoms with E-state index in [1.807, 2.05) is 13.8 Å². The number of esters is 1. The number of aromatic nitrogens is 2. The summed E-state index contributed by atoms with van der Waals surface area (Å²) in [6, 6.07) is 0. The Hall–Kier alpha value is -1.78. The average Bonchev–Trinajstić information content (AvgIpc) is 2.90. The number of hydrogen-bond acceptors (Lipinski definition) is 2. The number of rotatable bonds is 3. The van der Waals surface area contributed by atoms with Gasteiger partial charge in [0.25, 0.3) is 0 Å². The summed E-state index contributed by atoms with van der Waals surface area (Å²) in [6.07, 6.45) is 10.9. The van der Waals surface area contributed by atoms with Crippen LogP contribution in [-0.2, 0) is 23.6 Å². The lowest BCUT2D eigenvalue weighted by Crippen LogP contribution is -2.51. The first-order valence-corrected chi connectivity index (χ1v) is 8.35. The molecule has 0 saturated heterocycles. The molecule has 3 rings (SSSR count). The van der Waals surface area contributed by atoms with Crippen molar-refractivity contribution in [2.45, 2.75) is 45.1 Å². The van der Waals surface area contributed by atoms with Crippen LogP contribution in [-0.4, -0.2) is 23.4 Å². The molecule has 2 aliphatic rings. The molecule has 1 aromatic heterocycles. The molecule has 0 saturated carbocycles. The van der Waals surface area contributed by atoms with Gasteiger partial charge in [-0.3, -0.25) is 9.13 Å². The fraction of sp³-hybridized carbons (Fsp3) is 0.529. The Kier molecular flexibility index (Phi) is 3.75. The van der Waals surface area contributed by atoms with Crippen LogP contribution in [0.5, 0.6) is 0 Å². The van der Waals surface area contributed by atoms with Gasteiger partial charge < -0.3 is 4.74 Å². The summed E-state index contributed by atoms with van der Waals surface area (Å²) in [7, 11) is 3.54. The molecule has 0 amide bonds. The Morgan fingerprint density at radius 1 is 1.36 bits per heavy atom. The molecule has 5 heteroatoms. The Morgan fingerprint density at radius 3 is 2.73 bits per heavy atom. The molecule has 4 nitrogen and oxygen atoms in total. The maximum absolute atomic E-state index is 12.5. The average molecular weight is 300 g/mol. The van der Waals surface area contributed by atoms with E-state index in [-0.39, 0.29) is 5.97 Å². The second kappa shape index (κ2) is 5.45. The maximum Gasteiger partial charge on any atom is 0.335 e. The minimum Gasteiger partial charge on any atom is -0.455 e. The highest BCUT2D eigenvalue weighted by Gasteiger charge is 2.38. The number of aryl methyl sites for hydroxylation is 2. The Morgan fingerprint density at radius 2 is 2.14 bits per heavy atom. The van der Waals surface area contributed by atoms with Gasteiger partial charge in [-0.05, 0) is 45.1 Å². The first-order valence-electron chi connectivity index (χ1n) is 8.35. The lowest BCUT2D eigenvalue weighted by molar-refractivity contribution is -0.652. The molecule has 0 radical (unpaired) electrons. The van der Waals surface area contributed by atoms with Gasteiger partial charge in [-0.15, -0.1) is 0 Å². The van der Waals surface area contributed by atoms with E-state index >= 15 is 0 Å². The Labute approximate surface area is 132 Å². The number of ether oxygens (including phenoxy) is 1. The van der Waals surface area contributed by atoms with E-state index in [9.17, 15) is 4.79 Å². The highest BCUT2D eigenvalue weighted by Crippen LogP contribution is 2.37. The zero-order chi connectivity index (χ0) is 15.9. The number of carbonyl (C=O) groups excluding carboxylic acids is 1. The van der Waals surface area contributed by atoms with Crippen molar-refractivity contribution in [3.63, 3.8) is 0 Å². The van der Waals surface area contributed by atoms with E-state index in [1.54, 1.807) is 0 Å². The molecule has 0 spiro atoms. The fourth-order valence-corrected chi connectivity index (χ4v) is 3.92. The molecule has 1 aliphatic carbocycles. The van der Waals surface area contributed by atoms with Gasteiger partial charge in [0, 0.05) is 5.57 Å². The second-order valence-electron chi connectivity index (χ2n) is 7.19. The minimum atomic E-state index is -0.610. The molecule has 0 aromatic carbocycles. The van der Waals surface area contributed by atoms with Crippen molar-refractivity contribution in [1.29, 1.82) is 0 Å². The van der Waals surface area contributed by atoms with Gasteiger partial charge in [0.05, 0.1) is 25.4 Å². The van der Waals surface area contributed by atoms with E-state index in [0.29, 0.717) is 0 Å². The number of allylic oxidation sites excluding steroid dienone is 1. The number of carbonyl (C=O) groups is 1. The van der Waals surface area contributed by atoms with Crippen molar-refractivity contribution >= 4 is 19.0 Å². The second-order valence-corrected chi connectivity index (χ2v) is 7.19. The highest BCUT2D eigenvalue weighted by atomic mass is 16.6. The summed E-state index contributed by atoms with van der Waals surface area (Å²) in [6.45, 7) is 4.06. The van der Waals surface area contributed by atoms with Crippen molar-refractivity contribution in [2.24, 2.45) is 14.1 Å². The van der Waals surface area contributed by atoms with E-state index in [4.69, 9.17) is 4.74 Å². The van der Waals surface area contributed by atoms with Crippen LogP contribution in [0.15, 0.2) is 35.1 Å². The molecule has 0 atom stereocenters. The molecular weight excluding hydrogens is 275 g/mol. The number of cyclic esters (lactones) is 1. The first-order chi connectivity index (χ1) is 10.4. The molecule has 2 heterocycles. The molecule has 0 fully saturated rings. The van der Waals surface area contributed by atoms with Gasteiger partial charge in [-0.2, -0.15) is 5.47 Å². The normalized spacial score (nSPS) is 21.1. The largest absolute Gasteiger partial charge is 0.455 e. The van der Waals surface area contributed by atoms with Gasteiger partial charge in [0.2, 0.25) is 0 Å². The smallest absolute Gasteiger partial charge is 0.335 e. The lowest BCUT2D eigenvalue weighted by Gasteiger charge is -2.26. The van der Waals surface area contributed by atoms with Gasteiger partial charge in [0.15, 0.2) is 0 Å². The number of hydrogen-bond donors (Lipinski definition) is 0. The molecule has 118 valence electrons. The van der Waals surface area contributed by atoms with Gasteiger partial charge in [0.1, 0.15) is 19.7 Å². The van der Waals surface area contributed by atoms with Crippen LogP contribution >= 0.6 is 0 Å². The zero-order valence-electron chi connectivity index (χ0n) is 14.3. The van der Waals surface area contributed by atoms with Crippen LogP contribution in [0.1, 0.15) is 39.5 Å². The molecular formula is C17H25BN2O2. The summed E-state index contributed by atoms with van der Waals surface area (Å²) < 4.78 is 10.0. The lowest BCUT2D eigenvalue weighted by atomic mass is 9.60. The minimum absolute atomic E-state index is 0.117. The summed E-state index contributed by atoms with van der Waals surface area (Å²) in [5.74, 6) is -0.117. The van der Waals surface area contributed by atoms with Crippen LogP contribution in [0.4, 0.5) is 0 Å². The monoisotopic (exact) mass is 300 g/mol. The molecule has 22 heavy (non-hydrogen) atoms. The molecule has 0 bridgehead atoms. The molecule has 1 aliphatic heterocycles. The van der Waals surface area contributed by atoms with Crippen molar-refractivity contribution < 1.29 is 14.1 Å². The van der Waals surface area contributed by atoms with Crippen LogP contribution in [0, 0.1) is 0 Å². The quantitative estimate of drug-likeness (QED) is 0.469. The zero-order valence-corrected chi connectivity index (χ0v) is 14.3. The molecule has 0 N–H and O–H groups in total. The summed E-state index contributed by atoms with van der Waals surface area (Å²) in [5, 5.41) is 0. The van der Waals surface area contributed by atoms with Crippen molar-refractivity contribution in [3.8, 4) is 0 Å². The predicted molar refractivity (Wildman–Crippen MR) is 88.5 cm³/mol. The van der Waals surface area contributed by atoms with Crippen molar-refractivity contribution in [1.82, 2.24) is 4.57 Å². The fourth-order valence-electron chi connectivity index (χ4n) is 3.92. The maximum atomic E-state index is 12.5. The van der Waals surface area contributed by atoms with E-state index in [0.717, 1.165) is 18.4 Å². The third-order valence-electron chi connectivity index (χ3n) is 5.45. The topological polar surface area (TPSA) is 35.1 Å². The van der Waals surface area contributed by atoms with E-state index in [2.05, 4.69) is 41.7 Å². The third-order valence-corrected chi connectivity index (χ3v) is 5.45. The van der Waals surface area contributed by atoms with Crippen molar-refractivity contribution in [2.75, 3.05) is 0 Å². The van der Waals surface area contributed by atoms with E-state index < -0.39 is 12.9 Å². The standard InChI is InChI=1S/C17H25BN2O2/c1-17(2)14(18-16-19(3)10-11-20(16)4)13(15(21)22-17)12-8-6-5-7-9-12/h8,10-11H,5-7,9,18H2,1-4H3. The number of imidazole rings is 1. The van der Waals surface area contributed by atoms with Crippen LogP contribution in [0.3, 0.4) is 0 Å².